The Morgan fingerprint density at radius 2 is 2.35 bits per heavy atom. The van der Waals surface area contributed by atoms with E-state index in [4.69, 9.17) is 0 Å². The van der Waals surface area contributed by atoms with Gasteiger partial charge in [0.1, 0.15) is 5.54 Å². The summed E-state index contributed by atoms with van der Waals surface area (Å²) in [6.45, 7) is 0. The van der Waals surface area contributed by atoms with Crippen molar-refractivity contribution in [1.29, 1.82) is 0 Å². The van der Waals surface area contributed by atoms with Crippen LogP contribution in [0.5, 0.6) is 0 Å². The molecule has 3 heteroatoms. The molecule has 1 aromatic rings. The Morgan fingerprint density at radius 3 is 3.29 bits per heavy atom. The third-order valence-electron chi connectivity index (χ3n) is 3.68. The highest BCUT2D eigenvalue weighted by Gasteiger charge is 2.45. The largest absolute Gasteiger partial charge is 0.339 e. The van der Waals surface area contributed by atoms with Crippen LogP contribution in [0, 0.1) is 0 Å². The number of aromatic nitrogens is 1. The Kier molecular flexibility index (Phi) is 1.44. The molecule has 1 N–H and O–H groups in total. The first kappa shape index (κ1) is 8.93. The Hall–Kier alpha value is -2.16. The van der Waals surface area contributed by atoms with Gasteiger partial charge in [-0.2, -0.15) is 0 Å². The van der Waals surface area contributed by atoms with E-state index in [0.29, 0.717) is 6.42 Å². The second-order valence-electron chi connectivity index (χ2n) is 4.57. The third kappa shape index (κ3) is 0.965. The normalized spacial score (nSPS) is 27.9. The van der Waals surface area contributed by atoms with Crippen LogP contribution in [0.3, 0.4) is 0 Å². The van der Waals surface area contributed by atoms with Crippen LogP contribution in [-0.2, 0) is 4.79 Å². The molecule has 1 fully saturated rings. The van der Waals surface area contributed by atoms with Crippen LogP contribution in [0.4, 0.5) is 0 Å². The van der Waals surface area contributed by atoms with Gasteiger partial charge < -0.3 is 5.32 Å². The van der Waals surface area contributed by atoms with Crippen molar-refractivity contribution in [1.82, 2.24) is 10.3 Å². The fourth-order valence-electron chi connectivity index (χ4n) is 2.96. The van der Waals surface area contributed by atoms with E-state index in [-0.39, 0.29) is 11.4 Å². The molecule has 0 aromatic carbocycles. The zero-order valence-corrected chi connectivity index (χ0v) is 9.10. The first-order valence-electron chi connectivity index (χ1n) is 5.67. The van der Waals surface area contributed by atoms with Crippen LogP contribution in [0.15, 0.2) is 42.1 Å². The summed E-state index contributed by atoms with van der Waals surface area (Å²) in [4.78, 5) is 16.1. The van der Waals surface area contributed by atoms with Gasteiger partial charge in [0.15, 0.2) is 0 Å². The minimum Gasteiger partial charge on any atom is -0.339 e. The molecule has 1 atom stereocenters. The van der Waals surface area contributed by atoms with Gasteiger partial charge in [-0.15, -0.1) is 0 Å². The van der Waals surface area contributed by atoms with Gasteiger partial charge in [0.25, 0.3) is 0 Å². The molecule has 2 heterocycles. The molecule has 82 valence electrons. The Morgan fingerprint density at radius 1 is 1.41 bits per heavy atom. The number of allylic oxidation sites excluding steroid dienone is 2. The molecule has 1 spiro atoms. The summed E-state index contributed by atoms with van der Waals surface area (Å²) >= 11 is 0. The van der Waals surface area contributed by atoms with E-state index < -0.39 is 0 Å². The van der Waals surface area contributed by atoms with E-state index in [9.17, 15) is 4.79 Å². The van der Waals surface area contributed by atoms with Gasteiger partial charge in [-0.1, -0.05) is 24.3 Å². The zero-order valence-electron chi connectivity index (χ0n) is 9.10. The standard InChI is InChI=1S/C14H10N2O/c17-13-8-11-10-4-2-6-15-12(10)7-9-3-1-5-14(9,11)16-13/h1-7H,8H2,(H,16,17). The summed E-state index contributed by atoms with van der Waals surface area (Å²) in [6.07, 6.45) is 10.4. The van der Waals surface area contributed by atoms with Crippen molar-refractivity contribution in [2.45, 2.75) is 12.0 Å². The molecule has 1 unspecified atom stereocenters. The topological polar surface area (TPSA) is 42.0 Å². The summed E-state index contributed by atoms with van der Waals surface area (Å²) in [5.41, 5.74) is 1.87. The summed E-state index contributed by atoms with van der Waals surface area (Å²) < 4.78 is 0. The number of hydrogen-bond donors (Lipinski definition) is 1. The van der Waals surface area contributed by atoms with Crippen molar-refractivity contribution in [2.75, 3.05) is 0 Å². The molecule has 1 aliphatic heterocycles. The lowest BCUT2D eigenvalue weighted by Gasteiger charge is -2.28. The van der Waals surface area contributed by atoms with Gasteiger partial charge in [-0.3, -0.25) is 9.78 Å². The van der Waals surface area contributed by atoms with E-state index >= 15 is 0 Å². The number of hydrogen-bond acceptors (Lipinski definition) is 2. The van der Waals surface area contributed by atoms with Crippen molar-refractivity contribution >= 4 is 17.6 Å². The Labute approximate surface area is 97.9 Å². The monoisotopic (exact) mass is 222 g/mol. The lowest BCUT2D eigenvalue weighted by Crippen LogP contribution is -2.48. The molecule has 3 nitrogen and oxygen atoms in total. The van der Waals surface area contributed by atoms with Gasteiger partial charge in [0.2, 0.25) is 5.91 Å². The molecular weight excluding hydrogens is 212 g/mol. The van der Waals surface area contributed by atoms with E-state index in [1.807, 2.05) is 24.3 Å². The maximum absolute atomic E-state index is 11.7. The molecule has 17 heavy (non-hydrogen) atoms. The van der Waals surface area contributed by atoms with Crippen molar-refractivity contribution < 1.29 is 4.79 Å². The number of rotatable bonds is 0. The SMILES string of the molecule is O=C1CC2=c3cccnc3=CC3=CC=CC32N1. The third-order valence-corrected chi connectivity index (χ3v) is 3.68. The first-order chi connectivity index (χ1) is 8.29. The molecule has 1 amide bonds. The summed E-state index contributed by atoms with van der Waals surface area (Å²) in [6, 6.07) is 3.96. The molecule has 0 saturated carbocycles. The Bertz CT molecular complexity index is 727. The quantitative estimate of drug-likeness (QED) is 0.659. The minimum atomic E-state index is -0.382. The fraction of sp³-hybridized carbons (Fsp3) is 0.143. The highest BCUT2D eigenvalue weighted by molar-refractivity contribution is 6.00. The second-order valence-corrected chi connectivity index (χ2v) is 4.57. The molecule has 2 aliphatic carbocycles. The van der Waals surface area contributed by atoms with Crippen LogP contribution in [-0.4, -0.2) is 16.4 Å². The summed E-state index contributed by atoms with van der Waals surface area (Å²) in [5.74, 6) is 0.0857. The van der Waals surface area contributed by atoms with E-state index in [1.165, 1.54) is 0 Å². The molecule has 0 radical (unpaired) electrons. The molecule has 0 bridgehead atoms. The predicted molar refractivity (Wildman–Crippen MR) is 64.1 cm³/mol. The smallest absolute Gasteiger partial charge is 0.225 e. The van der Waals surface area contributed by atoms with Gasteiger partial charge in [0, 0.05) is 11.4 Å². The zero-order chi connectivity index (χ0) is 11.5. The maximum Gasteiger partial charge on any atom is 0.225 e. The van der Waals surface area contributed by atoms with Crippen molar-refractivity contribution in [3.8, 4) is 0 Å². The number of carbonyl (C=O) groups is 1. The van der Waals surface area contributed by atoms with E-state index in [1.54, 1.807) is 6.20 Å². The number of carbonyl (C=O) groups excluding carboxylic acids is 1. The number of nitrogens with zero attached hydrogens (tertiary/aromatic N) is 1. The van der Waals surface area contributed by atoms with E-state index in [0.717, 1.165) is 21.7 Å². The average Bonchev–Trinajstić information content (AvgIpc) is 2.87. The number of amides is 1. The highest BCUT2D eigenvalue weighted by atomic mass is 16.2. The van der Waals surface area contributed by atoms with Crippen molar-refractivity contribution in [2.24, 2.45) is 0 Å². The molecule has 1 aromatic heterocycles. The van der Waals surface area contributed by atoms with Crippen LogP contribution in [0.25, 0.3) is 11.6 Å². The highest BCUT2D eigenvalue weighted by Crippen LogP contribution is 2.39. The Balaban J connectivity index is 2.21. The molecular formula is C14H10N2O. The van der Waals surface area contributed by atoms with Gasteiger partial charge in [-0.25, -0.2) is 0 Å². The van der Waals surface area contributed by atoms with Crippen LogP contribution < -0.4 is 15.9 Å². The maximum atomic E-state index is 11.7. The number of nitrogens with one attached hydrogen (secondary N) is 1. The summed E-state index contributed by atoms with van der Waals surface area (Å²) in [7, 11) is 0. The molecule has 1 saturated heterocycles. The lowest BCUT2D eigenvalue weighted by atomic mass is 9.82. The minimum absolute atomic E-state index is 0.0857. The summed E-state index contributed by atoms with van der Waals surface area (Å²) in [5, 5.41) is 5.14. The predicted octanol–water partition coefficient (Wildman–Crippen LogP) is -0.219. The van der Waals surface area contributed by atoms with Crippen molar-refractivity contribution in [3.05, 3.63) is 52.7 Å². The average molecular weight is 222 g/mol. The van der Waals surface area contributed by atoms with Crippen LogP contribution >= 0.6 is 0 Å². The first-order valence-corrected chi connectivity index (χ1v) is 5.67. The number of fused-ring (bicyclic) bond motifs is 1. The fourth-order valence-corrected chi connectivity index (χ4v) is 2.96. The van der Waals surface area contributed by atoms with Crippen LogP contribution in [0.1, 0.15) is 6.42 Å². The lowest BCUT2D eigenvalue weighted by molar-refractivity contribution is -0.119. The van der Waals surface area contributed by atoms with Crippen LogP contribution in [0.2, 0.25) is 0 Å². The number of pyridine rings is 1. The van der Waals surface area contributed by atoms with Gasteiger partial charge in [-0.05, 0) is 23.3 Å². The van der Waals surface area contributed by atoms with Gasteiger partial charge >= 0.3 is 0 Å². The van der Waals surface area contributed by atoms with Crippen molar-refractivity contribution in [3.63, 3.8) is 0 Å². The molecule has 4 rings (SSSR count). The second kappa shape index (κ2) is 2.74. The van der Waals surface area contributed by atoms with E-state index in [2.05, 4.69) is 22.5 Å². The van der Waals surface area contributed by atoms with Gasteiger partial charge in [0.05, 0.1) is 11.8 Å². The molecule has 3 aliphatic rings.